The standard InChI is InChI=1S/C18H22NO7P/c1-3-25-27(23,26-4-2)18(20)16-7-5-6-8-17(16)24-13-14-9-11-15(12-10-14)19(21)22/h5-12,18,20H,3-4,13H2,1-2H3. The van der Waals surface area contributed by atoms with E-state index < -0.39 is 18.4 Å². The molecule has 0 saturated heterocycles. The van der Waals surface area contributed by atoms with Crippen molar-refractivity contribution >= 4 is 13.3 Å². The minimum Gasteiger partial charge on any atom is -0.489 e. The average molecular weight is 395 g/mol. The van der Waals surface area contributed by atoms with E-state index in [-0.39, 0.29) is 31.1 Å². The van der Waals surface area contributed by atoms with Crippen LogP contribution in [-0.2, 0) is 20.2 Å². The maximum atomic E-state index is 12.8. The van der Waals surface area contributed by atoms with Gasteiger partial charge in [0, 0.05) is 17.7 Å². The number of non-ortho nitro benzene ring substituents is 1. The molecule has 0 aromatic heterocycles. The summed E-state index contributed by atoms with van der Waals surface area (Å²) < 4.78 is 29.0. The molecule has 0 aliphatic rings. The van der Waals surface area contributed by atoms with E-state index in [0.29, 0.717) is 11.3 Å². The Morgan fingerprint density at radius 3 is 2.22 bits per heavy atom. The summed E-state index contributed by atoms with van der Waals surface area (Å²) in [5.41, 5.74) is 0.983. The average Bonchev–Trinajstić information content (AvgIpc) is 2.66. The third kappa shape index (κ3) is 5.37. The van der Waals surface area contributed by atoms with E-state index in [0.717, 1.165) is 0 Å². The highest BCUT2D eigenvalue weighted by molar-refractivity contribution is 7.54. The van der Waals surface area contributed by atoms with Gasteiger partial charge in [-0.25, -0.2) is 0 Å². The lowest BCUT2D eigenvalue weighted by Gasteiger charge is -2.24. The van der Waals surface area contributed by atoms with Crippen LogP contribution in [0.5, 0.6) is 5.75 Å². The first-order chi connectivity index (χ1) is 12.9. The monoisotopic (exact) mass is 395 g/mol. The third-order valence-electron chi connectivity index (χ3n) is 3.66. The molecule has 0 aliphatic heterocycles. The molecule has 0 heterocycles. The number of rotatable bonds is 10. The molecule has 146 valence electrons. The summed E-state index contributed by atoms with van der Waals surface area (Å²) in [6, 6.07) is 12.6. The maximum absolute atomic E-state index is 12.8. The quantitative estimate of drug-likeness (QED) is 0.360. The molecule has 0 spiro atoms. The second-order valence-electron chi connectivity index (χ2n) is 5.50. The van der Waals surface area contributed by atoms with Crippen LogP contribution in [0.15, 0.2) is 48.5 Å². The Balaban J connectivity index is 2.19. The number of para-hydroxylation sites is 1. The topological polar surface area (TPSA) is 108 Å². The number of ether oxygens (including phenoxy) is 1. The van der Waals surface area contributed by atoms with Crippen molar-refractivity contribution in [2.24, 2.45) is 0 Å². The lowest BCUT2D eigenvalue weighted by molar-refractivity contribution is -0.384. The number of nitrogens with zero attached hydrogens (tertiary/aromatic N) is 1. The fourth-order valence-corrected chi connectivity index (χ4v) is 4.04. The highest BCUT2D eigenvalue weighted by Gasteiger charge is 2.37. The number of aliphatic hydroxyl groups is 1. The van der Waals surface area contributed by atoms with E-state index in [1.165, 1.54) is 12.1 Å². The van der Waals surface area contributed by atoms with Crippen LogP contribution in [0.1, 0.15) is 30.8 Å². The van der Waals surface area contributed by atoms with Gasteiger partial charge in [0.15, 0.2) is 5.85 Å². The van der Waals surface area contributed by atoms with Crippen LogP contribution < -0.4 is 4.74 Å². The second-order valence-corrected chi connectivity index (χ2v) is 7.58. The van der Waals surface area contributed by atoms with Gasteiger partial charge < -0.3 is 18.9 Å². The van der Waals surface area contributed by atoms with Gasteiger partial charge in [-0.15, -0.1) is 0 Å². The zero-order valence-electron chi connectivity index (χ0n) is 15.1. The zero-order chi connectivity index (χ0) is 19.9. The number of nitro groups is 1. The van der Waals surface area contributed by atoms with E-state index in [2.05, 4.69) is 0 Å². The zero-order valence-corrected chi connectivity index (χ0v) is 16.0. The number of hydrogen-bond acceptors (Lipinski definition) is 7. The molecule has 9 heteroatoms. The predicted octanol–water partition coefficient (Wildman–Crippen LogP) is 4.43. The van der Waals surface area contributed by atoms with Crippen molar-refractivity contribution in [3.63, 3.8) is 0 Å². The number of hydrogen-bond donors (Lipinski definition) is 1. The van der Waals surface area contributed by atoms with Crippen molar-refractivity contribution in [1.82, 2.24) is 0 Å². The summed E-state index contributed by atoms with van der Waals surface area (Å²) in [7, 11) is -3.77. The van der Waals surface area contributed by atoms with Crippen LogP contribution in [0.3, 0.4) is 0 Å². The first kappa shape index (κ1) is 21.1. The summed E-state index contributed by atoms with van der Waals surface area (Å²) in [6.07, 6.45) is 0. The lowest BCUT2D eigenvalue weighted by atomic mass is 10.2. The highest BCUT2D eigenvalue weighted by Crippen LogP contribution is 2.60. The van der Waals surface area contributed by atoms with E-state index in [1.54, 1.807) is 50.2 Å². The van der Waals surface area contributed by atoms with Gasteiger partial charge in [-0.2, -0.15) is 0 Å². The van der Waals surface area contributed by atoms with E-state index >= 15 is 0 Å². The largest absolute Gasteiger partial charge is 0.489 e. The van der Waals surface area contributed by atoms with Gasteiger partial charge in [-0.1, -0.05) is 18.2 Å². The molecule has 2 aromatic rings. The molecule has 0 radical (unpaired) electrons. The molecule has 0 amide bonds. The lowest BCUT2D eigenvalue weighted by Crippen LogP contribution is -2.08. The number of benzene rings is 2. The second kappa shape index (κ2) is 9.62. The third-order valence-corrected chi connectivity index (χ3v) is 5.77. The van der Waals surface area contributed by atoms with Crippen LogP contribution >= 0.6 is 7.60 Å². The summed E-state index contributed by atoms with van der Waals surface area (Å²) in [4.78, 5) is 10.2. The molecule has 0 aliphatic carbocycles. The Kier molecular flexibility index (Phi) is 7.50. The molecule has 1 atom stereocenters. The van der Waals surface area contributed by atoms with Crippen molar-refractivity contribution in [2.75, 3.05) is 13.2 Å². The summed E-state index contributed by atoms with van der Waals surface area (Å²) in [5, 5.41) is 21.3. The van der Waals surface area contributed by atoms with Crippen LogP contribution in [0.2, 0.25) is 0 Å². The van der Waals surface area contributed by atoms with Gasteiger partial charge in [0.1, 0.15) is 12.4 Å². The van der Waals surface area contributed by atoms with Gasteiger partial charge in [-0.3, -0.25) is 14.7 Å². The predicted molar refractivity (Wildman–Crippen MR) is 99.7 cm³/mol. The van der Waals surface area contributed by atoms with Crippen LogP contribution in [0.25, 0.3) is 0 Å². The molecule has 8 nitrogen and oxygen atoms in total. The smallest absolute Gasteiger partial charge is 0.363 e. The Morgan fingerprint density at radius 1 is 1.07 bits per heavy atom. The van der Waals surface area contributed by atoms with E-state index in [1.807, 2.05) is 0 Å². The minimum atomic E-state index is -3.77. The molecule has 27 heavy (non-hydrogen) atoms. The fourth-order valence-electron chi connectivity index (χ4n) is 2.41. The van der Waals surface area contributed by atoms with E-state index in [4.69, 9.17) is 13.8 Å². The van der Waals surface area contributed by atoms with Crippen molar-refractivity contribution in [1.29, 1.82) is 0 Å². The Morgan fingerprint density at radius 2 is 1.67 bits per heavy atom. The van der Waals surface area contributed by atoms with Crippen molar-refractivity contribution in [3.8, 4) is 5.75 Å². The number of aliphatic hydroxyl groups excluding tert-OH is 1. The van der Waals surface area contributed by atoms with Crippen molar-refractivity contribution in [2.45, 2.75) is 26.3 Å². The summed E-state index contributed by atoms with van der Waals surface area (Å²) >= 11 is 0. The Bertz CT molecular complexity index is 800. The molecule has 1 unspecified atom stereocenters. The van der Waals surface area contributed by atoms with Crippen LogP contribution in [0, 0.1) is 10.1 Å². The van der Waals surface area contributed by atoms with Gasteiger partial charge in [0.2, 0.25) is 0 Å². The van der Waals surface area contributed by atoms with Crippen molar-refractivity contribution in [3.05, 3.63) is 69.8 Å². The fraction of sp³-hybridized carbons (Fsp3) is 0.333. The summed E-state index contributed by atoms with van der Waals surface area (Å²) in [5.74, 6) is -1.17. The molecule has 0 fully saturated rings. The van der Waals surface area contributed by atoms with Gasteiger partial charge in [0.05, 0.1) is 18.1 Å². The van der Waals surface area contributed by atoms with E-state index in [9.17, 15) is 19.8 Å². The minimum absolute atomic E-state index is 0.0102. The first-order valence-electron chi connectivity index (χ1n) is 8.43. The molecule has 0 saturated carbocycles. The van der Waals surface area contributed by atoms with Crippen molar-refractivity contribution < 1.29 is 28.4 Å². The maximum Gasteiger partial charge on any atom is 0.363 e. The SMILES string of the molecule is CCOP(=O)(OCC)C(O)c1ccccc1OCc1ccc([N+](=O)[O-])cc1. The highest BCUT2D eigenvalue weighted by atomic mass is 31.2. The van der Waals surface area contributed by atoms with Gasteiger partial charge in [0.25, 0.3) is 5.69 Å². The van der Waals surface area contributed by atoms with Crippen LogP contribution in [-0.4, -0.2) is 23.2 Å². The van der Waals surface area contributed by atoms with Gasteiger partial charge in [-0.05, 0) is 37.6 Å². The Hall–Kier alpha value is -2.25. The molecule has 1 N–H and O–H groups in total. The number of nitro benzene ring substituents is 1. The Labute approximate surface area is 157 Å². The molecule has 0 bridgehead atoms. The first-order valence-corrected chi connectivity index (χ1v) is 10.0. The van der Waals surface area contributed by atoms with Crippen LogP contribution in [0.4, 0.5) is 5.69 Å². The molecule has 2 rings (SSSR count). The normalized spacial score (nSPS) is 12.6. The molecular weight excluding hydrogens is 373 g/mol. The van der Waals surface area contributed by atoms with Gasteiger partial charge >= 0.3 is 7.60 Å². The summed E-state index contributed by atoms with van der Waals surface area (Å²) in [6.45, 7) is 3.69. The molecular formula is C18H22NO7P. The molecule has 2 aromatic carbocycles.